The number of oxime groups is 1. The van der Waals surface area contributed by atoms with Crippen molar-refractivity contribution in [3.05, 3.63) is 214 Å². The molecule has 6 atom stereocenters. The highest BCUT2D eigenvalue weighted by Crippen LogP contribution is 2.52. The minimum absolute atomic E-state index is 0.0434. The normalized spacial score (nSPS) is 20.8. The predicted molar refractivity (Wildman–Crippen MR) is 360 cm³/mol. The number of nitrogens with two attached hydrogens (primary N) is 1. The van der Waals surface area contributed by atoms with Gasteiger partial charge in [-0.15, -0.1) is 0 Å². The van der Waals surface area contributed by atoms with Gasteiger partial charge in [-0.3, -0.25) is 0 Å². The van der Waals surface area contributed by atoms with Crippen LogP contribution in [0.2, 0.25) is 0 Å². The van der Waals surface area contributed by atoms with Gasteiger partial charge < -0.3 is 49.7 Å². The standard InChI is InChI=1S/C27H28F3N3O3.C22H20F3N3O.C20H29N3O3.C7H3F3O2/c1-26(2,3)35-25(34)33(21-14-18(21)16-8-5-4-6-9-16)15-27(10-7-11-27)24-31-23(36-32-24)22-19(29)12-17(28)13-20(22)30;23-14-9-16(24)19(17(25)10-14)20-27-21(28-29-20)22(7-4-8-22)12-26-18-11-15(18)13-5-2-1-3-6-13;1-19(2,3)26-18(24)23(13-20(10-7-11-20)17(21)22-25)16-12-15(16)14-8-5-4-6-9-14;8-3-1-4(9)6(7(11)12)5(10)2-3/h4-6,8-9,12-13,18,21H,7,10-11,14-15H2,1-3H3;1-3,5-6,9-10,15,18,26H,4,7-8,11-12H2;4-6,8-9,15-16,25H,7,10-13H2,1-3H3,(H2,21,22);1-2H,(H,11,12)/t18?,21-;15?,18-;15?,16-;/m000./s1. The van der Waals surface area contributed by atoms with Crippen LogP contribution < -0.4 is 11.1 Å². The van der Waals surface area contributed by atoms with Crippen LogP contribution in [0.4, 0.5) is 49.1 Å². The minimum Gasteiger partial charge on any atom is -0.477 e. The molecule has 8 aromatic rings. The first kappa shape index (κ1) is 74.4. The largest absolute Gasteiger partial charge is 0.477 e. The Hall–Kier alpha value is -9.79. The number of aromatic carboxylic acids is 1. The van der Waals surface area contributed by atoms with Crippen LogP contribution >= 0.6 is 0 Å². The smallest absolute Gasteiger partial charge is 0.410 e. The summed E-state index contributed by atoms with van der Waals surface area (Å²) < 4.78 is 142. The fourth-order valence-corrected chi connectivity index (χ4v) is 13.6. The lowest BCUT2D eigenvalue weighted by Crippen LogP contribution is -2.53. The number of hydrogen-bond donors (Lipinski definition) is 4. The molecular formula is C76H80F9N9O9. The number of ether oxygens (including phenoxy) is 2. The van der Waals surface area contributed by atoms with Crippen LogP contribution in [0.1, 0.15) is 175 Å². The predicted octanol–water partition coefficient (Wildman–Crippen LogP) is 16.6. The molecule has 2 heterocycles. The summed E-state index contributed by atoms with van der Waals surface area (Å²) in [6, 6.07) is 34.1. The van der Waals surface area contributed by atoms with Crippen LogP contribution in [0.3, 0.4) is 0 Å². The third kappa shape index (κ3) is 17.3. The number of nitrogens with one attached hydrogen (secondary N) is 1. The average Bonchev–Trinajstić information content (AvgIpc) is 1.65. The van der Waals surface area contributed by atoms with Crippen LogP contribution in [-0.2, 0) is 20.3 Å². The zero-order chi connectivity index (χ0) is 73.9. The Balaban J connectivity index is 0.000000145. The van der Waals surface area contributed by atoms with Gasteiger partial charge in [0.25, 0.3) is 11.8 Å². The summed E-state index contributed by atoms with van der Waals surface area (Å²) in [6.45, 7) is 12.5. The Bertz CT molecular complexity index is 4300. The topological polar surface area (TPSA) is 245 Å². The number of carboxylic acid groups (broad SMARTS) is 1. The van der Waals surface area contributed by atoms with E-state index in [1.54, 1.807) is 9.80 Å². The first-order chi connectivity index (χ1) is 48.9. The summed E-state index contributed by atoms with van der Waals surface area (Å²) in [7, 11) is 0. The van der Waals surface area contributed by atoms with Gasteiger partial charge in [0.05, 0.1) is 5.41 Å². The number of amidine groups is 1. The number of rotatable bonds is 18. The van der Waals surface area contributed by atoms with Gasteiger partial charge in [-0.1, -0.05) is 126 Å². The lowest BCUT2D eigenvalue weighted by atomic mass is 9.67. The molecule has 5 N–H and O–H groups in total. The van der Waals surface area contributed by atoms with Gasteiger partial charge in [-0.05, 0) is 116 Å². The molecule has 0 radical (unpaired) electrons. The second-order valence-corrected chi connectivity index (χ2v) is 29.4. The number of benzene rings is 6. The summed E-state index contributed by atoms with van der Waals surface area (Å²) in [5.41, 5.74) is 4.91. The van der Waals surface area contributed by atoms with Gasteiger partial charge in [-0.2, -0.15) is 9.97 Å². The van der Waals surface area contributed by atoms with E-state index in [-0.39, 0.29) is 53.0 Å². The quantitative estimate of drug-likeness (QED) is 0.0205. The molecule has 0 spiro atoms. The zero-order valence-electron chi connectivity index (χ0n) is 57.6. The number of carbonyl (C=O) groups is 3. The minimum atomic E-state index is -1.76. The van der Waals surface area contributed by atoms with Crippen molar-refractivity contribution in [1.29, 1.82) is 0 Å². The first-order valence-electron chi connectivity index (χ1n) is 34.1. The zero-order valence-corrected chi connectivity index (χ0v) is 57.6. The van der Waals surface area contributed by atoms with E-state index in [1.807, 2.05) is 108 Å². The molecule has 2 aromatic heterocycles. The van der Waals surface area contributed by atoms with E-state index >= 15 is 0 Å². The summed E-state index contributed by atoms with van der Waals surface area (Å²) in [6.07, 6.45) is 9.80. The lowest BCUT2D eigenvalue weighted by Gasteiger charge is -2.44. The van der Waals surface area contributed by atoms with Crippen molar-refractivity contribution in [3.8, 4) is 22.9 Å². The van der Waals surface area contributed by atoms with E-state index in [4.69, 9.17) is 29.4 Å². The molecule has 6 fully saturated rings. The Morgan fingerprint density at radius 2 is 0.913 bits per heavy atom. The number of halogens is 9. The first-order valence-corrected chi connectivity index (χ1v) is 34.1. The second-order valence-electron chi connectivity index (χ2n) is 29.4. The number of carboxylic acids is 1. The number of carbonyl (C=O) groups excluding carboxylic acids is 2. The molecule has 6 aromatic carbocycles. The van der Waals surface area contributed by atoms with E-state index in [0.717, 1.165) is 69.8 Å². The number of aromatic nitrogens is 4. The van der Waals surface area contributed by atoms with Gasteiger partial charge in [0.15, 0.2) is 11.6 Å². The number of nitrogens with zero attached hydrogens (tertiary/aromatic N) is 7. The lowest BCUT2D eigenvalue weighted by molar-refractivity contribution is 0.0110. The molecule has 6 aliphatic rings. The monoisotopic (exact) mass is 1430 g/mol. The maximum atomic E-state index is 14.3. The van der Waals surface area contributed by atoms with Gasteiger partial charge in [0.2, 0.25) is 0 Å². The molecule has 546 valence electrons. The average molecular weight is 1430 g/mol. The third-order valence-electron chi connectivity index (χ3n) is 19.7. The summed E-state index contributed by atoms with van der Waals surface area (Å²) in [4.78, 5) is 48.5. The molecule has 14 rings (SSSR count). The van der Waals surface area contributed by atoms with Crippen molar-refractivity contribution < 1.29 is 82.7 Å². The van der Waals surface area contributed by atoms with Gasteiger partial charge in [0.1, 0.15) is 86.1 Å². The molecule has 103 heavy (non-hydrogen) atoms. The molecular weight excluding hydrogens is 1350 g/mol. The Morgan fingerprint density at radius 3 is 1.26 bits per heavy atom. The molecule has 6 saturated carbocycles. The Morgan fingerprint density at radius 1 is 0.544 bits per heavy atom. The van der Waals surface area contributed by atoms with Crippen molar-refractivity contribution in [1.82, 2.24) is 35.4 Å². The summed E-state index contributed by atoms with van der Waals surface area (Å²) >= 11 is 0. The van der Waals surface area contributed by atoms with E-state index in [0.29, 0.717) is 92.6 Å². The van der Waals surface area contributed by atoms with Gasteiger partial charge >= 0.3 is 18.2 Å². The van der Waals surface area contributed by atoms with Crippen molar-refractivity contribution in [2.45, 2.75) is 177 Å². The highest BCUT2D eigenvalue weighted by molar-refractivity contribution is 5.88. The van der Waals surface area contributed by atoms with Crippen molar-refractivity contribution >= 4 is 24.0 Å². The molecule has 18 nitrogen and oxygen atoms in total. The molecule has 0 saturated heterocycles. The maximum absolute atomic E-state index is 14.3. The second kappa shape index (κ2) is 30.3. The van der Waals surface area contributed by atoms with Crippen molar-refractivity contribution in [2.75, 3.05) is 19.6 Å². The Kier molecular flexibility index (Phi) is 21.9. The van der Waals surface area contributed by atoms with Crippen LogP contribution in [-0.4, -0.2) is 113 Å². The fraction of sp³-hybridized carbons (Fsp3) is 0.421. The maximum Gasteiger partial charge on any atom is 0.410 e. The fourth-order valence-electron chi connectivity index (χ4n) is 13.6. The van der Waals surface area contributed by atoms with E-state index in [9.17, 15) is 59.1 Å². The summed E-state index contributed by atoms with van der Waals surface area (Å²) in [5, 5.41) is 32.3. The van der Waals surface area contributed by atoms with E-state index in [1.165, 1.54) is 11.1 Å². The molecule has 3 unspecified atom stereocenters. The SMILES string of the molecule is CC(C)(C)OC(=O)N(CC1(C(N)=NO)CCC1)[C@H]1CC1c1ccccc1.CC(C)(C)OC(=O)N(CC1(c2noc(-c3c(F)cc(F)cc3F)n2)CCC1)[C@H]1CC1c1ccccc1.Fc1cc(F)c(-c2nc(C3(CN[C@H]4CC4c4ccccc4)CCC3)no2)c(F)c1.O=C(O)c1c(F)cc(F)cc1F. The molecule has 0 aliphatic heterocycles. The molecule has 6 aliphatic carbocycles. The van der Waals surface area contributed by atoms with E-state index < -0.39 is 103 Å². The molecule has 27 heteroatoms. The highest BCUT2D eigenvalue weighted by atomic mass is 19.2. The highest BCUT2D eigenvalue weighted by Gasteiger charge is 2.54. The van der Waals surface area contributed by atoms with E-state index in [2.05, 4.69) is 55.0 Å². The number of amides is 2. The number of hydrogen-bond acceptors (Lipinski definition) is 14. The van der Waals surface area contributed by atoms with Crippen LogP contribution in [0.15, 0.2) is 142 Å². The third-order valence-corrected chi connectivity index (χ3v) is 19.7. The van der Waals surface area contributed by atoms with Crippen LogP contribution in [0.25, 0.3) is 22.9 Å². The van der Waals surface area contributed by atoms with Gasteiger partial charge in [0, 0.05) is 103 Å². The van der Waals surface area contributed by atoms with Crippen LogP contribution in [0, 0.1) is 57.8 Å². The van der Waals surface area contributed by atoms with Crippen molar-refractivity contribution in [3.63, 3.8) is 0 Å². The van der Waals surface area contributed by atoms with Gasteiger partial charge in [-0.25, -0.2) is 53.9 Å². The van der Waals surface area contributed by atoms with Crippen LogP contribution in [0.5, 0.6) is 0 Å². The summed E-state index contributed by atoms with van der Waals surface area (Å²) in [5.74, 6) is -10.8. The van der Waals surface area contributed by atoms with Crippen molar-refractivity contribution in [2.24, 2.45) is 16.3 Å². The molecule has 0 bridgehead atoms. The molecule has 2 amide bonds. The Labute approximate surface area is 588 Å².